The van der Waals surface area contributed by atoms with E-state index >= 15 is 0 Å². The molecule has 0 radical (unpaired) electrons. The Balaban J connectivity index is 1.60. The van der Waals surface area contributed by atoms with Gasteiger partial charge in [0.15, 0.2) is 6.61 Å². The summed E-state index contributed by atoms with van der Waals surface area (Å²) in [6.07, 6.45) is -1.67. The van der Waals surface area contributed by atoms with Crippen LogP contribution in [0.25, 0.3) is 0 Å². The fourth-order valence-corrected chi connectivity index (χ4v) is 4.46. The van der Waals surface area contributed by atoms with Gasteiger partial charge in [-0.3, -0.25) is 14.4 Å². The molecule has 6 bridgehead atoms. The summed E-state index contributed by atoms with van der Waals surface area (Å²) in [5.74, 6) is -3.89. The largest absolute Gasteiger partial charge is 0.494 e. The number of carboxylic acids is 1. The first-order chi connectivity index (χ1) is 24.3. The van der Waals surface area contributed by atoms with Gasteiger partial charge in [0.1, 0.15) is 17.5 Å². The van der Waals surface area contributed by atoms with Crippen LogP contribution in [0.15, 0.2) is 42.5 Å². The first-order valence-corrected chi connectivity index (χ1v) is 15.8. The number of carbonyl (C=O) groups excluding carboxylic acids is 3. The number of alkyl halides is 3. The van der Waals surface area contributed by atoms with Crippen molar-refractivity contribution >= 4 is 41.3 Å². The lowest BCUT2D eigenvalue weighted by molar-refractivity contribution is -0.154. The number of amides is 3. The minimum atomic E-state index is -4.66. The highest BCUT2D eigenvalue weighted by atomic mass is 19.4. The van der Waals surface area contributed by atoms with Crippen molar-refractivity contribution in [2.75, 3.05) is 51.1 Å². The molecule has 0 fully saturated rings. The van der Waals surface area contributed by atoms with E-state index in [0.717, 1.165) is 29.7 Å². The van der Waals surface area contributed by atoms with Crippen LogP contribution in [0.3, 0.4) is 0 Å². The van der Waals surface area contributed by atoms with E-state index in [-0.39, 0.29) is 42.0 Å². The average molecular weight is 719 g/mol. The molecule has 5 rings (SSSR count). The summed E-state index contributed by atoms with van der Waals surface area (Å²) in [6.45, 7) is -1.37. The fraction of sp³-hybridized carbons (Fsp3) is 0.406. The van der Waals surface area contributed by atoms with Crippen molar-refractivity contribution in [3.05, 3.63) is 53.6 Å². The van der Waals surface area contributed by atoms with Gasteiger partial charge in [0.25, 0.3) is 5.91 Å². The smallest absolute Gasteiger partial charge is 0.422 e. The summed E-state index contributed by atoms with van der Waals surface area (Å²) in [6, 6.07) is 9.18. The van der Waals surface area contributed by atoms with Crippen LogP contribution < -0.4 is 35.5 Å². The van der Waals surface area contributed by atoms with Gasteiger partial charge in [-0.15, -0.1) is 0 Å². The summed E-state index contributed by atoms with van der Waals surface area (Å²) in [5, 5.41) is 20.0. The Labute approximate surface area is 290 Å². The lowest BCUT2D eigenvalue weighted by Gasteiger charge is -2.18. The monoisotopic (exact) mass is 718 g/mol. The molecule has 3 amide bonds. The molecule has 3 heterocycles. The van der Waals surface area contributed by atoms with Crippen LogP contribution in [0.4, 0.5) is 30.8 Å². The number of aliphatic carboxylic acids is 1. The average Bonchev–Trinajstić information content (AvgIpc) is 3.08. The SMILES string of the molecule is CN(C)C(=O)C(=O)NCC(NC(=O)c1ccc2cc1OCCCCCCOc1ccc(cc1)CNc1nc(nc(OCC(F)(F)F)n1)N2)C(=O)O. The van der Waals surface area contributed by atoms with E-state index in [1.165, 1.54) is 32.3 Å². The number of fused-ring (bicyclic) bond motifs is 10. The van der Waals surface area contributed by atoms with E-state index in [0.29, 0.717) is 18.8 Å². The van der Waals surface area contributed by atoms with Crippen molar-refractivity contribution in [3.63, 3.8) is 0 Å². The van der Waals surface area contributed by atoms with E-state index in [2.05, 4.69) is 36.2 Å². The lowest BCUT2D eigenvalue weighted by Crippen LogP contribution is -2.50. The van der Waals surface area contributed by atoms with Crippen LogP contribution in [0.5, 0.6) is 17.5 Å². The highest BCUT2D eigenvalue weighted by Crippen LogP contribution is 2.27. The summed E-state index contributed by atoms with van der Waals surface area (Å²) in [4.78, 5) is 62.3. The third-order valence-corrected chi connectivity index (χ3v) is 7.07. The number of ether oxygens (including phenoxy) is 3. The van der Waals surface area contributed by atoms with Crippen LogP contribution >= 0.6 is 0 Å². The number of nitrogens with zero attached hydrogens (tertiary/aromatic N) is 4. The molecule has 1 unspecified atom stereocenters. The molecule has 0 saturated heterocycles. The molecule has 5 N–H and O–H groups in total. The highest BCUT2D eigenvalue weighted by molar-refractivity contribution is 6.34. The fourth-order valence-electron chi connectivity index (χ4n) is 4.46. The van der Waals surface area contributed by atoms with Crippen LogP contribution in [0, 0.1) is 0 Å². The quantitative estimate of drug-likeness (QED) is 0.223. The summed E-state index contributed by atoms with van der Waals surface area (Å²) >= 11 is 0. The van der Waals surface area contributed by atoms with E-state index < -0.39 is 55.1 Å². The predicted molar refractivity (Wildman–Crippen MR) is 175 cm³/mol. The zero-order valence-corrected chi connectivity index (χ0v) is 27.7. The minimum Gasteiger partial charge on any atom is -0.494 e. The van der Waals surface area contributed by atoms with E-state index in [4.69, 9.17) is 14.2 Å². The van der Waals surface area contributed by atoms with E-state index in [1.807, 2.05) is 12.1 Å². The summed E-state index contributed by atoms with van der Waals surface area (Å²) < 4.78 is 55.4. The Kier molecular flexibility index (Phi) is 13.1. The molecule has 51 heavy (non-hydrogen) atoms. The number of carboxylic acid groups (broad SMARTS) is 1. The Morgan fingerprint density at radius 3 is 2.31 bits per heavy atom. The van der Waals surface area contributed by atoms with Crippen molar-refractivity contribution < 1.29 is 51.7 Å². The van der Waals surface area contributed by atoms with Crippen LogP contribution in [0.2, 0.25) is 0 Å². The molecule has 16 nitrogen and oxygen atoms in total. The first kappa shape index (κ1) is 37.9. The third kappa shape index (κ3) is 12.2. The Bertz CT molecular complexity index is 1690. The molecule has 0 saturated carbocycles. The number of carbonyl (C=O) groups is 4. The van der Waals surface area contributed by atoms with Crippen molar-refractivity contribution in [3.8, 4) is 17.5 Å². The van der Waals surface area contributed by atoms with Crippen molar-refractivity contribution in [1.82, 2.24) is 30.5 Å². The first-order valence-electron chi connectivity index (χ1n) is 15.8. The van der Waals surface area contributed by atoms with Gasteiger partial charge in [-0.1, -0.05) is 12.1 Å². The molecule has 2 aromatic carbocycles. The van der Waals surface area contributed by atoms with Crippen LogP contribution in [0.1, 0.15) is 41.6 Å². The molecule has 1 aromatic heterocycles. The van der Waals surface area contributed by atoms with Gasteiger partial charge in [-0.2, -0.15) is 28.1 Å². The topological polar surface area (TPSA) is 206 Å². The van der Waals surface area contributed by atoms with Crippen molar-refractivity contribution in [2.24, 2.45) is 0 Å². The Morgan fingerprint density at radius 2 is 1.65 bits per heavy atom. The normalized spacial score (nSPS) is 14.1. The standard InChI is InChI=1S/C32H37F3N8O8/c1-43(2)27(46)26(45)36-17-23(28(47)48)39-25(44)22-12-9-20-15-24(22)50-14-6-4-3-5-13-49-21-10-7-19(8-11-21)16-37-29-40-30(38-20)42-31(41-29)51-18-32(33,34)35/h7-12,15,23H,3-6,13-14,16-18H2,1-2H3,(H,36,45)(H,39,44)(H,47,48)(H2,37,38,40,41,42). The summed E-state index contributed by atoms with van der Waals surface area (Å²) in [7, 11) is 2.70. The third-order valence-electron chi connectivity index (χ3n) is 7.07. The summed E-state index contributed by atoms with van der Waals surface area (Å²) in [5.41, 5.74) is 1.00. The zero-order valence-electron chi connectivity index (χ0n) is 27.7. The van der Waals surface area contributed by atoms with Gasteiger partial charge < -0.3 is 45.5 Å². The number of benzene rings is 2. The van der Waals surface area contributed by atoms with E-state index in [9.17, 15) is 37.5 Å². The maximum absolute atomic E-state index is 13.3. The molecule has 0 spiro atoms. The second kappa shape index (κ2) is 17.7. The molecular formula is C32H37F3N8O8. The number of likely N-dealkylation sites (N-methyl/N-ethyl adjacent to an activating group) is 1. The molecule has 2 aliphatic rings. The number of nitrogens with one attached hydrogen (secondary N) is 4. The number of rotatable bonds is 7. The lowest BCUT2D eigenvalue weighted by atomic mass is 10.1. The van der Waals surface area contributed by atoms with Gasteiger partial charge in [0.05, 0.1) is 18.8 Å². The van der Waals surface area contributed by atoms with Gasteiger partial charge in [-0.25, -0.2) is 4.79 Å². The maximum atomic E-state index is 13.3. The number of halogens is 3. The molecular weight excluding hydrogens is 681 g/mol. The molecule has 3 aromatic rings. The second-order valence-corrected chi connectivity index (χ2v) is 11.4. The Morgan fingerprint density at radius 1 is 0.961 bits per heavy atom. The van der Waals surface area contributed by atoms with Crippen molar-refractivity contribution in [2.45, 2.75) is 44.4 Å². The van der Waals surface area contributed by atoms with Gasteiger partial charge >= 0.3 is 30.0 Å². The molecule has 1 atom stereocenters. The molecule has 0 aliphatic carbocycles. The van der Waals surface area contributed by atoms with Crippen molar-refractivity contribution in [1.29, 1.82) is 0 Å². The number of hydrogen-bond donors (Lipinski definition) is 5. The molecule has 274 valence electrons. The van der Waals surface area contributed by atoms with Gasteiger partial charge in [0.2, 0.25) is 11.9 Å². The minimum absolute atomic E-state index is 0.0326. The van der Waals surface area contributed by atoms with Crippen LogP contribution in [-0.4, -0.2) is 101 Å². The number of aromatic nitrogens is 3. The van der Waals surface area contributed by atoms with Crippen LogP contribution in [-0.2, 0) is 20.9 Å². The highest BCUT2D eigenvalue weighted by Gasteiger charge is 2.29. The Hall–Kier alpha value is -5.88. The zero-order chi connectivity index (χ0) is 37.0. The number of hydrogen-bond acceptors (Lipinski definition) is 12. The molecule has 2 aliphatic heterocycles. The predicted octanol–water partition coefficient (Wildman–Crippen LogP) is 2.89. The van der Waals surface area contributed by atoms with Gasteiger partial charge in [-0.05, 0) is 55.5 Å². The van der Waals surface area contributed by atoms with E-state index in [1.54, 1.807) is 12.1 Å². The van der Waals surface area contributed by atoms with Gasteiger partial charge in [0, 0.05) is 38.9 Å². The molecule has 19 heteroatoms. The number of anilines is 3. The maximum Gasteiger partial charge on any atom is 0.422 e. The second-order valence-electron chi connectivity index (χ2n) is 11.4.